The largest absolute Gasteiger partial charge is 0.274 e. The molecule has 3 heteroatoms. The summed E-state index contributed by atoms with van der Waals surface area (Å²) in [6, 6.07) is 9.58. The van der Waals surface area contributed by atoms with Crippen molar-refractivity contribution >= 4 is 17.5 Å². The Morgan fingerprint density at radius 1 is 0.750 bits per heavy atom. The lowest BCUT2D eigenvalue weighted by atomic mass is 9.72. The minimum Gasteiger partial charge on any atom is -0.274 e. The van der Waals surface area contributed by atoms with Gasteiger partial charge in [0.05, 0.1) is 17.5 Å². The number of hydrogen-bond acceptors (Lipinski definition) is 2. The summed E-state index contributed by atoms with van der Waals surface area (Å²) in [6.45, 7) is 0. The number of imide groups is 1. The Labute approximate surface area is 165 Å². The molecule has 4 fully saturated rings. The maximum Gasteiger partial charge on any atom is 0.238 e. The van der Waals surface area contributed by atoms with Crippen molar-refractivity contribution < 1.29 is 9.59 Å². The van der Waals surface area contributed by atoms with Crippen LogP contribution in [0, 0.1) is 35.5 Å². The highest BCUT2D eigenvalue weighted by molar-refractivity contribution is 6.23. The predicted octanol–water partition coefficient (Wildman–Crippen LogP) is 4.65. The smallest absolute Gasteiger partial charge is 0.238 e. The molecule has 6 atom stereocenters. The SMILES string of the molecule is O=C1[C@@H]2[C@H]3C4=C([C@H]5CC[C@H]4C5)[C@@H](C3=C3CCCC3)[C@H]2C(=O)N1c1ccccc1. The summed E-state index contributed by atoms with van der Waals surface area (Å²) < 4.78 is 0. The number of benzene rings is 1. The monoisotopic (exact) mass is 371 g/mol. The number of fused-ring (bicyclic) bond motifs is 11. The van der Waals surface area contributed by atoms with Gasteiger partial charge in [0.15, 0.2) is 0 Å². The van der Waals surface area contributed by atoms with E-state index in [4.69, 9.17) is 0 Å². The highest BCUT2D eigenvalue weighted by Gasteiger charge is 2.69. The first kappa shape index (κ1) is 15.7. The van der Waals surface area contributed by atoms with Crippen LogP contribution in [0.3, 0.4) is 0 Å². The molecule has 0 radical (unpaired) electrons. The van der Waals surface area contributed by atoms with Crippen LogP contribution in [0.5, 0.6) is 0 Å². The number of amides is 2. The van der Waals surface area contributed by atoms with Crippen molar-refractivity contribution in [3.05, 3.63) is 52.6 Å². The first-order valence-corrected chi connectivity index (χ1v) is 11.1. The van der Waals surface area contributed by atoms with Crippen LogP contribution in [0.25, 0.3) is 0 Å². The summed E-state index contributed by atoms with van der Waals surface area (Å²) >= 11 is 0. The third kappa shape index (κ3) is 1.69. The molecule has 7 rings (SSSR count). The predicted molar refractivity (Wildman–Crippen MR) is 106 cm³/mol. The molecule has 3 saturated carbocycles. The van der Waals surface area contributed by atoms with Gasteiger partial charge >= 0.3 is 0 Å². The van der Waals surface area contributed by atoms with E-state index in [2.05, 4.69) is 0 Å². The number of nitrogens with zero attached hydrogens (tertiary/aromatic N) is 1. The fourth-order valence-electron chi connectivity index (χ4n) is 7.96. The lowest BCUT2D eigenvalue weighted by Gasteiger charge is -2.28. The van der Waals surface area contributed by atoms with Crippen molar-refractivity contribution in [3.8, 4) is 0 Å². The first-order valence-electron chi connectivity index (χ1n) is 11.1. The molecule has 0 unspecified atom stereocenters. The lowest BCUT2D eigenvalue weighted by Crippen LogP contribution is -2.33. The summed E-state index contributed by atoms with van der Waals surface area (Å²) in [4.78, 5) is 28.7. The zero-order chi connectivity index (χ0) is 18.6. The van der Waals surface area contributed by atoms with Gasteiger partial charge in [-0.2, -0.15) is 0 Å². The van der Waals surface area contributed by atoms with Gasteiger partial charge in [0, 0.05) is 11.8 Å². The standard InChI is InChI=1S/C25H25NO2/c27-24-22-20-17(13-6-4-5-7-13)21(19-15-11-10-14(12-15)18(19)20)23(22)25(28)26(24)16-8-2-1-3-9-16/h1-3,8-9,14-15,20-23H,4-7,10-12H2/t14-,15-,20+,21+,22+,23+/m0/s1. The molecule has 2 amide bonds. The second kappa shape index (κ2) is 5.25. The Morgan fingerprint density at radius 3 is 1.89 bits per heavy atom. The first-order chi connectivity index (χ1) is 13.8. The average Bonchev–Trinajstić information content (AvgIpc) is 3.52. The number of hydrogen-bond donors (Lipinski definition) is 0. The van der Waals surface area contributed by atoms with E-state index in [1.54, 1.807) is 22.3 Å². The van der Waals surface area contributed by atoms with Crippen LogP contribution in [0.15, 0.2) is 52.6 Å². The third-order valence-corrected chi connectivity index (χ3v) is 8.73. The second-order valence-corrected chi connectivity index (χ2v) is 9.74. The maximum absolute atomic E-state index is 13.6. The van der Waals surface area contributed by atoms with E-state index in [-0.39, 0.29) is 35.5 Å². The molecule has 6 aliphatic rings. The van der Waals surface area contributed by atoms with Gasteiger partial charge in [0.25, 0.3) is 0 Å². The van der Waals surface area contributed by atoms with E-state index in [1.165, 1.54) is 49.8 Å². The Kier molecular flexibility index (Phi) is 2.95. The van der Waals surface area contributed by atoms with Crippen LogP contribution in [-0.4, -0.2) is 11.8 Å². The summed E-state index contributed by atoms with van der Waals surface area (Å²) in [6.07, 6.45) is 8.86. The molecule has 28 heavy (non-hydrogen) atoms. The molecule has 1 aromatic rings. The van der Waals surface area contributed by atoms with Crippen molar-refractivity contribution in [1.29, 1.82) is 0 Å². The molecule has 1 aliphatic heterocycles. The fraction of sp³-hybridized carbons (Fsp3) is 0.520. The molecule has 1 saturated heterocycles. The van der Waals surface area contributed by atoms with E-state index in [0.717, 1.165) is 5.69 Å². The van der Waals surface area contributed by atoms with Crippen molar-refractivity contribution in [1.82, 2.24) is 0 Å². The van der Waals surface area contributed by atoms with Crippen LogP contribution in [0.1, 0.15) is 44.9 Å². The summed E-state index contributed by atoms with van der Waals surface area (Å²) in [5.41, 5.74) is 7.19. The zero-order valence-electron chi connectivity index (χ0n) is 16.1. The van der Waals surface area contributed by atoms with Crippen LogP contribution in [0.4, 0.5) is 5.69 Å². The van der Waals surface area contributed by atoms with Crippen molar-refractivity contribution in [2.45, 2.75) is 44.9 Å². The van der Waals surface area contributed by atoms with E-state index in [0.29, 0.717) is 11.8 Å². The molecule has 5 aliphatic carbocycles. The summed E-state index contributed by atoms with van der Waals surface area (Å²) in [5, 5.41) is 0. The van der Waals surface area contributed by atoms with Gasteiger partial charge < -0.3 is 0 Å². The van der Waals surface area contributed by atoms with Gasteiger partial charge in [-0.25, -0.2) is 4.90 Å². The van der Waals surface area contributed by atoms with Gasteiger partial charge in [-0.15, -0.1) is 0 Å². The topological polar surface area (TPSA) is 37.4 Å². The quantitative estimate of drug-likeness (QED) is 0.409. The molecule has 1 heterocycles. The molecular formula is C25H25NO2. The van der Waals surface area contributed by atoms with Gasteiger partial charge in [-0.3, -0.25) is 9.59 Å². The van der Waals surface area contributed by atoms with Crippen LogP contribution < -0.4 is 4.90 Å². The van der Waals surface area contributed by atoms with Gasteiger partial charge in [-0.1, -0.05) is 40.5 Å². The number of rotatable bonds is 1. The number of anilines is 1. The zero-order valence-corrected chi connectivity index (χ0v) is 16.1. The molecule has 0 spiro atoms. The summed E-state index contributed by atoms with van der Waals surface area (Å²) in [7, 11) is 0. The minimum absolute atomic E-state index is 0.0686. The van der Waals surface area contributed by atoms with E-state index < -0.39 is 0 Å². The lowest BCUT2D eigenvalue weighted by molar-refractivity contribution is -0.123. The second-order valence-electron chi connectivity index (χ2n) is 9.74. The van der Waals surface area contributed by atoms with E-state index >= 15 is 0 Å². The molecule has 1 aromatic carbocycles. The molecule has 0 N–H and O–H groups in total. The van der Waals surface area contributed by atoms with Crippen molar-refractivity contribution in [3.63, 3.8) is 0 Å². The normalized spacial score (nSPS) is 40.4. The minimum atomic E-state index is -0.126. The molecule has 3 nitrogen and oxygen atoms in total. The van der Waals surface area contributed by atoms with Gasteiger partial charge in [0.2, 0.25) is 11.8 Å². The van der Waals surface area contributed by atoms with E-state index in [9.17, 15) is 9.59 Å². The summed E-state index contributed by atoms with van der Waals surface area (Å²) in [5.74, 6) is 1.80. The van der Waals surface area contributed by atoms with Crippen molar-refractivity contribution in [2.24, 2.45) is 35.5 Å². The highest BCUT2D eigenvalue weighted by atomic mass is 16.2. The average molecular weight is 371 g/mol. The van der Waals surface area contributed by atoms with Crippen LogP contribution >= 0.6 is 0 Å². The number of carbonyl (C=O) groups is 2. The molecular weight excluding hydrogens is 346 g/mol. The molecule has 0 aromatic heterocycles. The Bertz CT molecular complexity index is 931. The third-order valence-electron chi connectivity index (χ3n) is 8.73. The maximum atomic E-state index is 13.6. The number of para-hydroxylation sites is 1. The highest BCUT2D eigenvalue weighted by Crippen LogP contribution is 2.71. The van der Waals surface area contributed by atoms with Gasteiger partial charge in [-0.05, 0) is 68.9 Å². The number of allylic oxidation sites excluding steroid dienone is 4. The van der Waals surface area contributed by atoms with Crippen LogP contribution in [-0.2, 0) is 9.59 Å². The van der Waals surface area contributed by atoms with Crippen LogP contribution in [0.2, 0.25) is 0 Å². The van der Waals surface area contributed by atoms with Gasteiger partial charge in [0.1, 0.15) is 0 Å². The van der Waals surface area contributed by atoms with Crippen molar-refractivity contribution in [2.75, 3.05) is 4.90 Å². The Morgan fingerprint density at radius 2 is 1.32 bits per heavy atom. The Balaban J connectivity index is 1.39. The Hall–Kier alpha value is -2.16. The fourth-order valence-corrected chi connectivity index (χ4v) is 7.96. The molecule has 4 bridgehead atoms. The number of carbonyl (C=O) groups excluding carboxylic acids is 2. The molecule has 142 valence electrons. The van der Waals surface area contributed by atoms with E-state index in [1.807, 2.05) is 30.3 Å².